The summed E-state index contributed by atoms with van der Waals surface area (Å²) in [6.45, 7) is 2.19. The zero-order chi connectivity index (χ0) is 25.7. The maximum absolute atomic E-state index is 13.2. The first-order valence-electron chi connectivity index (χ1n) is 10.1. The molecule has 0 aliphatic carbocycles. The SMILES string of the molecule is CCCC1C(C(=O)Cl)CCCN1C(=O)c1cnccc1C(F)(F)F.Oc1csc(C(F)(F)F)c1. The van der Waals surface area contributed by atoms with E-state index in [9.17, 15) is 35.9 Å². The van der Waals surface area contributed by atoms with Crippen LogP contribution in [0, 0.1) is 5.92 Å². The van der Waals surface area contributed by atoms with Gasteiger partial charge in [0.1, 0.15) is 10.6 Å². The maximum Gasteiger partial charge on any atom is 0.425 e. The number of amides is 1. The lowest BCUT2D eigenvalue weighted by atomic mass is 9.86. The highest BCUT2D eigenvalue weighted by atomic mass is 35.5. The molecule has 1 N–H and O–H groups in total. The number of carbonyl (C=O) groups excluding carboxylic acids is 2. The highest BCUT2D eigenvalue weighted by Gasteiger charge is 2.41. The summed E-state index contributed by atoms with van der Waals surface area (Å²) in [5.74, 6) is -1.64. The van der Waals surface area contributed by atoms with Crippen LogP contribution in [0.3, 0.4) is 0 Å². The van der Waals surface area contributed by atoms with Crippen LogP contribution in [0.4, 0.5) is 26.3 Å². The summed E-state index contributed by atoms with van der Waals surface area (Å²) < 4.78 is 74.6. The minimum absolute atomic E-state index is 0.302. The van der Waals surface area contributed by atoms with E-state index in [-0.39, 0.29) is 5.75 Å². The highest BCUT2D eigenvalue weighted by molar-refractivity contribution is 7.10. The predicted molar refractivity (Wildman–Crippen MR) is 114 cm³/mol. The molecule has 13 heteroatoms. The van der Waals surface area contributed by atoms with Crippen molar-refractivity contribution >= 4 is 34.1 Å². The predicted octanol–water partition coefficient (Wildman–Crippen LogP) is 6.36. The Morgan fingerprint density at radius 2 is 1.91 bits per heavy atom. The zero-order valence-corrected chi connectivity index (χ0v) is 19.4. The van der Waals surface area contributed by atoms with E-state index in [2.05, 4.69) is 4.98 Å². The van der Waals surface area contributed by atoms with Crippen LogP contribution in [-0.4, -0.2) is 38.7 Å². The van der Waals surface area contributed by atoms with Crippen molar-refractivity contribution in [2.24, 2.45) is 5.92 Å². The number of piperidine rings is 1. The van der Waals surface area contributed by atoms with E-state index in [1.165, 1.54) is 4.90 Å². The van der Waals surface area contributed by atoms with Crippen LogP contribution in [0.2, 0.25) is 0 Å². The first-order valence-corrected chi connectivity index (χ1v) is 11.4. The molecule has 1 aliphatic rings. The normalized spacial score (nSPS) is 18.8. The molecular weight excluding hydrogens is 510 g/mol. The molecule has 0 aromatic carbocycles. The fraction of sp³-hybridized carbons (Fsp3) is 0.476. The molecule has 0 saturated carbocycles. The van der Waals surface area contributed by atoms with E-state index in [1.54, 1.807) is 0 Å². The van der Waals surface area contributed by atoms with Gasteiger partial charge in [0.05, 0.1) is 17.0 Å². The minimum Gasteiger partial charge on any atom is -0.507 e. The number of nitrogens with zero attached hydrogens (tertiary/aromatic N) is 2. The topological polar surface area (TPSA) is 70.5 Å². The number of thiophene rings is 1. The van der Waals surface area contributed by atoms with Crippen molar-refractivity contribution in [3.63, 3.8) is 0 Å². The second-order valence-corrected chi connectivity index (χ2v) is 8.78. The first kappa shape index (κ1) is 27.9. The molecule has 1 amide bonds. The summed E-state index contributed by atoms with van der Waals surface area (Å²) in [5.41, 5.74) is -1.51. The van der Waals surface area contributed by atoms with Crippen LogP contribution in [0.5, 0.6) is 5.75 Å². The molecule has 3 rings (SSSR count). The molecule has 1 fully saturated rings. The number of alkyl halides is 6. The number of aromatic hydroxyl groups is 1. The molecule has 2 aromatic heterocycles. The third-order valence-corrected chi connectivity index (χ3v) is 6.38. The van der Waals surface area contributed by atoms with Gasteiger partial charge < -0.3 is 10.0 Å². The lowest BCUT2D eigenvalue weighted by molar-refractivity contribution is -0.138. The lowest BCUT2D eigenvalue weighted by Gasteiger charge is -2.40. The van der Waals surface area contributed by atoms with Crippen molar-refractivity contribution in [3.8, 4) is 5.75 Å². The van der Waals surface area contributed by atoms with Crippen LogP contribution < -0.4 is 0 Å². The largest absolute Gasteiger partial charge is 0.507 e. The number of hydrogen-bond donors (Lipinski definition) is 1. The molecule has 2 atom stereocenters. The molecule has 1 aliphatic heterocycles. The molecule has 2 aromatic rings. The van der Waals surface area contributed by atoms with Crippen LogP contribution >= 0.6 is 22.9 Å². The zero-order valence-electron chi connectivity index (χ0n) is 17.8. The van der Waals surface area contributed by atoms with Crippen LogP contribution in [0.1, 0.15) is 53.4 Å². The van der Waals surface area contributed by atoms with Crippen LogP contribution in [-0.2, 0) is 17.1 Å². The van der Waals surface area contributed by atoms with Gasteiger partial charge in [-0.2, -0.15) is 26.3 Å². The summed E-state index contributed by atoms with van der Waals surface area (Å²) in [7, 11) is 0. The van der Waals surface area contributed by atoms with Gasteiger partial charge in [-0.25, -0.2) is 0 Å². The van der Waals surface area contributed by atoms with E-state index >= 15 is 0 Å². The molecule has 188 valence electrons. The molecule has 2 unspecified atom stereocenters. The van der Waals surface area contributed by atoms with Crippen molar-refractivity contribution in [2.75, 3.05) is 6.54 Å². The van der Waals surface area contributed by atoms with E-state index in [1.807, 2.05) is 6.92 Å². The molecule has 0 bridgehead atoms. The van der Waals surface area contributed by atoms with E-state index in [0.29, 0.717) is 49.6 Å². The quantitative estimate of drug-likeness (QED) is 0.369. The van der Waals surface area contributed by atoms with Crippen molar-refractivity contribution in [1.82, 2.24) is 9.88 Å². The Labute approximate surface area is 200 Å². The first-order chi connectivity index (χ1) is 15.8. The number of likely N-dealkylation sites (tertiary alicyclic amines) is 1. The summed E-state index contributed by atoms with van der Waals surface area (Å²) in [5, 5.41) is 9.02. The molecule has 0 radical (unpaired) electrons. The van der Waals surface area contributed by atoms with Gasteiger partial charge in [-0.05, 0) is 36.9 Å². The molecule has 1 saturated heterocycles. The Hall–Kier alpha value is -2.34. The second kappa shape index (κ2) is 11.4. The van der Waals surface area contributed by atoms with Gasteiger partial charge in [-0.15, -0.1) is 11.3 Å². The second-order valence-electron chi connectivity index (χ2n) is 7.49. The fourth-order valence-electron chi connectivity index (χ4n) is 3.67. The van der Waals surface area contributed by atoms with Crippen molar-refractivity contribution in [3.05, 3.63) is 45.9 Å². The average Bonchev–Trinajstić information content (AvgIpc) is 3.20. The number of halogens is 7. The molecular formula is C21H21ClF6N2O3S. The Morgan fingerprint density at radius 3 is 2.38 bits per heavy atom. The van der Waals surface area contributed by atoms with Gasteiger partial charge in [0.25, 0.3) is 5.91 Å². The molecule has 0 spiro atoms. The minimum atomic E-state index is -4.65. The summed E-state index contributed by atoms with van der Waals surface area (Å²) in [4.78, 5) is 28.6. The van der Waals surface area contributed by atoms with Crippen molar-refractivity contribution < 1.29 is 41.0 Å². The monoisotopic (exact) mass is 530 g/mol. The number of rotatable bonds is 4. The van der Waals surface area contributed by atoms with Gasteiger partial charge in [0.15, 0.2) is 0 Å². The lowest BCUT2D eigenvalue weighted by Crippen LogP contribution is -2.50. The molecule has 3 heterocycles. The Bertz CT molecular complexity index is 995. The van der Waals surface area contributed by atoms with Crippen LogP contribution in [0.25, 0.3) is 0 Å². The average molecular weight is 531 g/mol. The number of carbonyl (C=O) groups is 2. The van der Waals surface area contributed by atoms with Gasteiger partial charge >= 0.3 is 12.4 Å². The van der Waals surface area contributed by atoms with Gasteiger partial charge in [0.2, 0.25) is 5.24 Å². The summed E-state index contributed by atoms with van der Waals surface area (Å²) in [6.07, 6.45) is -4.78. The Kier molecular flexibility index (Phi) is 9.35. The Balaban J connectivity index is 0.000000340. The molecule has 34 heavy (non-hydrogen) atoms. The van der Waals surface area contributed by atoms with E-state index in [4.69, 9.17) is 16.7 Å². The van der Waals surface area contributed by atoms with E-state index < -0.39 is 51.5 Å². The summed E-state index contributed by atoms with van der Waals surface area (Å²) >= 11 is 6.12. The maximum atomic E-state index is 13.2. The fourth-order valence-corrected chi connectivity index (χ4v) is 4.56. The van der Waals surface area contributed by atoms with Gasteiger partial charge in [-0.1, -0.05) is 13.3 Å². The third kappa shape index (κ3) is 7.08. The van der Waals surface area contributed by atoms with E-state index in [0.717, 1.165) is 23.8 Å². The number of pyridine rings is 1. The third-order valence-electron chi connectivity index (χ3n) is 5.14. The summed E-state index contributed by atoms with van der Waals surface area (Å²) in [6, 6.07) is 1.00. The smallest absolute Gasteiger partial charge is 0.425 e. The standard InChI is InChI=1S/C16H18ClF3N2O2.C5H3F3OS/c1-2-4-13-10(14(17)23)5-3-8-22(13)15(24)11-9-21-7-6-12(11)16(18,19)20;6-5(7,8)4-1-3(9)2-10-4/h6-7,9-10,13H,2-5,8H2,1H3;1-2,9H. The van der Waals surface area contributed by atoms with Gasteiger partial charge in [0, 0.05) is 36.4 Å². The van der Waals surface area contributed by atoms with Gasteiger partial charge in [-0.3, -0.25) is 14.6 Å². The Morgan fingerprint density at radius 1 is 1.24 bits per heavy atom. The van der Waals surface area contributed by atoms with Crippen LogP contribution in [0.15, 0.2) is 29.9 Å². The number of aromatic nitrogens is 1. The highest BCUT2D eigenvalue weighted by Crippen LogP contribution is 2.36. The number of hydrogen-bond acceptors (Lipinski definition) is 5. The molecule has 5 nitrogen and oxygen atoms in total. The van der Waals surface area contributed by atoms with Crippen molar-refractivity contribution in [2.45, 2.75) is 51.0 Å². The van der Waals surface area contributed by atoms with Crippen molar-refractivity contribution in [1.29, 1.82) is 0 Å².